The molecule has 2 aliphatic heterocycles. The van der Waals surface area contributed by atoms with Gasteiger partial charge in [0.1, 0.15) is 6.04 Å². The van der Waals surface area contributed by atoms with Crippen molar-refractivity contribution in [3.05, 3.63) is 41.7 Å². The molecule has 162 valence electrons. The van der Waals surface area contributed by atoms with E-state index in [2.05, 4.69) is 15.6 Å². The molecule has 1 aromatic carbocycles. The second-order valence-electron chi connectivity index (χ2n) is 7.85. The molecular formula is C21H29ClN6O2. The van der Waals surface area contributed by atoms with E-state index in [4.69, 9.17) is 0 Å². The molecule has 0 spiro atoms. The Labute approximate surface area is 183 Å². The number of rotatable bonds is 4. The summed E-state index contributed by atoms with van der Waals surface area (Å²) < 4.78 is 1.88. The van der Waals surface area contributed by atoms with Crippen LogP contribution in [-0.4, -0.2) is 64.4 Å². The van der Waals surface area contributed by atoms with Crippen LogP contribution in [-0.2, 0) is 4.79 Å². The molecule has 8 nitrogen and oxygen atoms in total. The van der Waals surface area contributed by atoms with Gasteiger partial charge in [0, 0.05) is 19.3 Å². The Bertz CT molecular complexity index is 881. The number of para-hydroxylation sites is 1. The SMILES string of the molecule is Cc1c(C(=O)N(C)C2CCCN(c3ccccc3)C2=O)nnn1C1CCNCC1.Cl. The third kappa shape index (κ3) is 4.20. The van der Waals surface area contributed by atoms with Crippen molar-refractivity contribution in [1.29, 1.82) is 0 Å². The van der Waals surface area contributed by atoms with Gasteiger partial charge < -0.3 is 15.1 Å². The first kappa shape index (κ1) is 22.2. The van der Waals surface area contributed by atoms with Crippen molar-refractivity contribution in [3.8, 4) is 0 Å². The fourth-order valence-corrected chi connectivity index (χ4v) is 4.32. The number of piperidine rings is 2. The fourth-order valence-electron chi connectivity index (χ4n) is 4.32. The third-order valence-corrected chi connectivity index (χ3v) is 6.05. The predicted octanol–water partition coefficient (Wildman–Crippen LogP) is 2.20. The smallest absolute Gasteiger partial charge is 0.276 e. The first-order valence-electron chi connectivity index (χ1n) is 10.3. The first-order chi connectivity index (χ1) is 14.1. The standard InChI is InChI=1S/C21H28N6O2.ClH/c1-15-19(23-24-27(15)17-10-12-22-13-11-17)21(29)25(2)18-9-6-14-26(20(18)28)16-7-4-3-5-8-16;/h3-5,7-8,17-18,22H,6,9-14H2,1-2H3;1H. The van der Waals surface area contributed by atoms with Gasteiger partial charge in [0.25, 0.3) is 5.91 Å². The number of halogens is 1. The number of hydrogen-bond acceptors (Lipinski definition) is 5. The lowest BCUT2D eigenvalue weighted by atomic mass is 10.0. The van der Waals surface area contributed by atoms with E-state index >= 15 is 0 Å². The molecule has 2 saturated heterocycles. The van der Waals surface area contributed by atoms with Gasteiger partial charge in [-0.3, -0.25) is 9.59 Å². The molecule has 9 heteroatoms. The number of carbonyl (C=O) groups excluding carboxylic acids is 2. The molecule has 1 aromatic heterocycles. The maximum absolute atomic E-state index is 13.2. The fraction of sp³-hybridized carbons (Fsp3) is 0.524. The first-order valence-corrected chi connectivity index (χ1v) is 10.3. The van der Waals surface area contributed by atoms with Crippen molar-refractivity contribution >= 4 is 29.9 Å². The average molecular weight is 433 g/mol. The minimum atomic E-state index is -0.486. The summed E-state index contributed by atoms with van der Waals surface area (Å²) in [6.07, 6.45) is 3.46. The Morgan fingerprint density at radius 2 is 1.87 bits per heavy atom. The molecule has 0 aliphatic carbocycles. The van der Waals surface area contributed by atoms with E-state index in [9.17, 15) is 9.59 Å². The van der Waals surface area contributed by atoms with Crippen LogP contribution in [0.1, 0.15) is 47.9 Å². The quantitative estimate of drug-likeness (QED) is 0.800. The molecule has 0 saturated carbocycles. The van der Waals surface area contributed by atoms with Gasteiger partial charge in [-0.1, -0.05) is 23.4 Å². The van der Waals surface area contributed by atoms with E-state index in [1.165, 1.54) is 0 Å². The van der Waals surface area contributed by atoms with Crippen LogP contribution in [0.15, 0.2) is 30.3 Å². The summed E-state index contributed by atoms with van der Waals surface area (Å²) in [5.74, 6) is -0.280. The van der Waals surface area contributed by atoms with Crippen LogP contribution in [0.5, 0.6) is 0 Å². The summed E-state index contributed by atoms with van der Waals surface area (Å²) in [5.41, 5.74) is 1.99. The van der Waals surface area contributed by atoms with Gasteiger partial charge >= 0.3 is 0 Å². The zero-order valence-corrected chi connectivity index (χ0v) is 18.3. The van der Waals surface area contributed by atoms with Gasteiger partial charge in [-0.2, -0.15) is 0 Å². The lowest BCUT2D eigenvalue weighted by Crippen LogP contribution is -2.53. The number of aromatic nitrogens is 3. The second kappa shape index (κ2) is 9.57. The number of carbonyl (C=O) groups is 2. The van der Waals surface area contributed by atoms with E-state index < -0.39 is 6.04 Å². The van der Waals surface area contributed by atoms with E-state index in [1.807, 2.05) is 41.9 Å². The minimum Gasteiger partial charge on any atom is -0.328 e. The molecule has 0 radical (unpaired) electrons. The Hall–Kier alpha value is -2.45. The molecule has 2 fully saturated rings. The maximum atomic E-state index is 13.2. The molecule has 1 N–H and O–H groups in total. The Kier molecular flexibility index (Phi) is 7.10. The lowest BCUT2D eigenvalue weighted by Gasteiger charge is -2.36. The van der Waals surface area contributed by atoms with Crippen LogP contribution in [0.3, 0.4) is 0 Å². The van der Waals surface area contributed by atoms with Crippen LogP contribution < -0.4 is 10.2 Å². The van der Waals surface area contributed by atoms with Crippen molar-refractivity contribution in [2.45, 2.75) is 44.7 Å². The summed E-state index contributed by atoms with van der Waals surface area (Å²) in [6, 6.07) is 9.40. The summed E-state index contributed by atoms with van der Waals surface area (Å²) >= 11 is 0. The monoisotopic (exact) mass is 432 g/mol. The largest absolute Gasteiger partial charge is 0.328 e. The van der Waals surface area contributed by atoms with Gasteiger partial charge in [-0.05, 0) is 57.8 Å². The zero-order chi connectivity index (χ0) is 20.4. The van der Waals surface area contributed by atoms with Crippen LogP contribution in [0.4, 0.5) is 5.69 Å². The Balaban J connectivity index is 0.00000256. The van der Waals surface area contributed by atoms with Crippen LogP contribution >= 0.6 is 12.4 Å². The highest BCUT2D eigenvalue weighted by Crippen LogP contribution is 2.25. The molecular weight excluding hydrogens is 404 g/mol. The van der Waals surface area contributed by atoms with Gasteiger partial charge in [-0.15, -0.1) is 17.5 Å². The van der Waals surface area contributed by atoms with Gasteiger partial charge in [-0.25, -0.2) is 4.68 Å². The number of nitrogens with zero attached hydrogens (tertiary/aromatic N) is 5. The molecule has 4 rings (SSSR count). The van der Waals surface area contributed by atoms with E-state index in [0.29, 0.717) is 18.7 Å². The number of anilines is 1. The van der Waals surface area contributed by atoms with Crippen LogP contribution in [0.25, 0.3) is 0 Å². The van der Waals surface area contributed by atoms with Crippen molar-refractivity contribution in [2.75, 3.05) is 31.6 Å². The molecule has 3 heterocycles. The van der Waals surface area contributed by atoms with Gasteiger partial charge in [0.05, 0.1) is 11.7 Å². The normalized spacial score (nSPS) is 20.0. The van der Waals surface area contributed by atoms with E-state index in [0.717, 1.165) is 43.7 Å². The summed E-state index contributed by atoms with van der Waals surface area (Å²) in [4.78, 5) is 29.6. The number of benzene rings is 1. The van der Waals surface area contributed by atoms with Gasteiger partial charge in [0.2, 0.25) is 5.91 Å². The van der Waals surface area contributed by atoms with Crippen molar-refractivity contribution in [3.63, 3.8) is 0 Å². The lowest BCUT2D eigenvalue weighted by molar-refractivity contribution is -0.124. The molecule has 1 unspecified atom stereocenters. The maximum Gasteiger partial charge on any atom is 0.276 e. The number of nitrogens with one attached hydrogen (secondary N) is 1. The Morgan fingerprint density at radius 3 is 2.57 bits per heavy atom. The topological polar surface area (TPSA) is 83.4 Å². The summed E-state index contributed by atoms with van der Waals surface area (Å²) in [7, 11) is 1.70. The number of amides is 2. The van der Waals surface area contributed by atoms with Crippen molar-refractivity contribution in [2.24, 2.45) is 0 Å². The van der Waals surface area contributed by atoms with E-state index in [1.54, 1.807) is 16.8 Å². The highest BCUT2D eigenvalue weighted by atomic mass is 35.5. The predicted molar refractivity (Wildman–Crippen MR) is 117 cm³/mol. The molecule has 2 amide bonds. The average Bonchev–Trinajstić information content (AvgIpc) is 3.15. The third-order valence-electron chi connectivity index (χ3n) is 6.05. The summed E-state index contributed by atoms with van der Waals surface area (Å²) in [6.45, 7) is 4.45. The molecule has 0 bridgehead atoms. The Morgan fingerprint density at radius 1 is 1.17 bits per heavy atom. The van der Waals surface area contributed by atoms with Crippen molar-refractivity contribution < 1.29 is 9.59 Å². The minimum absolute atomic E-state index is 0. The summed E-state index contributed by atoms with van der Waals surface area (Å²) in [5, 5.41) is 11.8. The zero-order valence-electron chi connectivity index (χ0n) is 17.5. The molecule has 1 atom stereocenters. The highest BCUT2D eigenvalue weighted by molar-refractivity contribution is 6.02. The number of hydrogen-bond donors (Lipinski definition) is 1. The number of likely N-dealkylation sites (N-methyl/N-ethyl adjacent to an activating group) is 1. The highest BCUT2D eigenvalue weighted by Gasteiger charge is 2.36. The second-order valence-corrected chi connectivity index (χ2v) is 7.85. The molecule has 2 aliphatic rings. The van der Waals surface area contributed by atoms with Gasteiger partial charge in [0.15, 0.2) is 5.69 Å². The van der Waals surface area contributed by atoms with Crippen LogP contribution in [0.2, 0.25) is 0 Å². The van der Waals surface area contributed by atoms with Crippen molar-refractivity contribution in [1.82, 2.24) is 25.2 Å². The van der Waals surface area contributed by atoms with Crippen LogP contribution in [0, 0.1) is 6.92 Å². The molecule has 30 heavy (non-hydrogen) atoms. The van der Waals surface area contributed by atoms with E-state index in [-0.39, 0.29) is 30.3 Å². The molecule has 2 aromatic rings.